The highest BCUT2D eigenvalue weighted by Gasteiger charge is 2.35. The molecular formula is C50H88N4O18. The number of aldehydes is 2. The molecule has 0 spiro atoms. The van der Waals surface area contributed by atoms with Crippen molar-refractivity contribution < 1.29 is 86.3 Å². The van der Waals surface area contributed by atoms with Crippen molar-refractivity contribution in [2.24, 2.45) is 58.6 Å². The molecule has 9 atom stereocenters. The van der Waals surface area contributed by atoms with E-state index in [1.54, 1.807) is 76.2 Å². The van der Waals surface area contributed by atoms with Crippen LogP contribution in [0.2, 0.25) is 0 Å². The zero-order chi connectivity index (χ0) is 57.2. The number of aliphatic carboxylic acids is 1. The van der Waals surface area contributed by atoms with Gasteiger partial charge in [-0.25, -0.2) is 4.79 Å². The number of nitrogens with one attached hydrogen (secondary N) is 1. The average molecular weight is 1030 g/mol. The number of carbonyl (C=O) groups excluding carboxylic acids is 11. The first-order valence-electron chi connectivity index (χ1n) is 24.5. The van der Waals surface area contributed by atoms with E-state index in [0.29, 0.717) is 25.5 Å². The summed E-state index contributed by atoms with van der Waals surface area (Å²) in [4.78, 5) is 139. The Morgan fingerprint density at radius 3 is 1.44 bits per heavy atom. The summed E-state index contributed by atoms with van der Waals surface area (Å²) in [6, 6.07) is -2.66. The Kier molecular flexibility index (Phi) is 40.4. The molecule has 0 radical (unpaired) electrons. The molecule has 1 unspecified atom stereocenters. The number of carbonyl (C=O) groups is 12. The van der Waals surface area contributed by atoms with E-state index in [-0.39, 0.29) is 48.7 Å². The molecule has 0 aliphatic rings. The van der Waals surface area contributed by atoms with Gasteiger partial charge in [-0.15, -0.1) is 0 Å². The number of ether oxygens (including phenoxy) is 5. The summed E-state index contributed by atoms with van der Waals surface area (Å²) in [5.41, 5.74) is 15.8. The number of nitrogens with two attached hydrogens (primary N) is 3. The molecule has 0 saturated heterocycles. The Hall–Kier alpha value is -5.64. The number of hydrogen-bond acceptors (Lipinski definition) is 19. The second-order valence-corrected chi connectivity index (χ2v) is 18.8. The third-order valence-corrected chi connectivity index (χ3v) is 10.4. The lowest BCUT2D eigenvalue weighted by molar-refractivity contribution is -0.162. The van der Waals surface area contributed by atoms with Crippen LogP contribution in [0.15, 0.2) is 0 Å². The van der Waals surface area contributed by atoms with Crippen molar-refractivity contribution in [1.29, 1.82) is 0 Å². The van der Waals surface area contributed by atoms with E-state index >= 15 is 0 Å². The van der Waals surface area contributed by atoms with Crippen molar-refractivity contribution in [1.82, 2.24) is 5.32 Å². The summed E-state index contributed by atoms with van der Waals surface area (Å²) in [5, 5.41) is 10.5. The van der Waals surface area contributed by atoms with Crippen molar-refractivity contribution >= 4 is 71.8 Å². The third kappa shape index (κ3) is 33.1. The van der Waals surface area contributed by atoms with E-state index in [9.17, 15) is 57.5 Å². The van der Waals surface area contributed by atoms with Crippen LogP contribution < -0.4 is 22.5 Å². The number of rotatable bonds is 30. The van der Waals surface area contributed by atoms with Crippen LogP contribution in [0.25, 0.3) is 0 Å². The standard InChI is InChI=1S/C24H41N3O9.C18H30O6.C4H9NO2.C4H8O/c1-11(2)16(9-17(28)14(7)35-23(32)19(25)12(3)4)22(31)34-10-18(29)27-20(13(5)6)24(33)36-15(8)21(26)30;1-7-8-16(21)24-17(12(4)5)15(20)9-14(11(2)3)18(22)23-13(6)10-19;1-2-3(5)4(6)7;1-2-3-4-5/h11-16,19-20H,9-10,25H2,1-8H3,(H2,26,30)(H,27,29);10-14,17H,7-9H2,1-6H3;3H,2,5H2,1H3,(H,6,7);4H,2-3H2,1H3/t14-,15-,16-,19+,20+;13-,14+,17+;;/m00../s1. The number of hydrogen-bond donors (Lipinski definition) is 5. The van der Waals surface area contributed by atoms with Gasteiger partial charge < -0.3 is 56.1 Å². The molecule has 8 N–H and O–H groups in total. The van der Waals surface area contributed by atoms with E-state index in [1.165, 1.54) is 20.8 Å². The maximum atomic E-state index is 12.6. The van der Waals surface area contributed by atoms with Gasteiger partial charge >= 0.3 is 35.8 Å². The molecule has 0 rings (SSSR count). The van der Waals surface area contributed by atoms with Gasteiger partial charge in [-0.1, -0.05) is 90.0 Å². The Balaban J connectivity index is -0.000000545. The number of ketones is 2. The fourth-order valence-corrected chi connectivity index (χ4v) is 5.32. The number of Topliss-reactive ketones (excluding diaryl/α,β-unsaturated/α-hetero) is 2. The maximum Gasteiger partial charge on any atom is 0.329 e. The fourth-order valence-electron chi connectivity index (χ4n) is 5.32. The van der Waals surface area contributed by atoms with E-state index < -0.39 is 120 Å². The Labute approximate surface area is 426 Å². The molecule has 0 aliphatic carbocycles. The molecule has 0 aromatic rings. The molecule has 0 aliphatic heterocycles. The smallest absolute Gasteiger partial charge is 0.329 e. The largest absolute Gasteiger partial charge is 0.480 e. The minimum absolute atomic E-state index is 0.0790. The van der Waals surface area contributed by atoms with Gasteiger partial charge in [0.1, 0.15) is 24.4 Å². The first-order chi connectivity index (χ1) is 33.2. The first-order valence-corrected chi connectivity index (χ1v) is 24.5. The number of carboxylic acid groups (broad SMARTS) is 1. The SMILES string of the molecule is CC(C)[C@H](CC(=O)[C@H](C)OC(=O)[C@H](N)C(C)C)C(=O)OCC(=O)N[C@@H](C(=O)O[C@@H](C)C(N)=O)C(C)C.CCC(N)C(=O)O.CCCC(=O)O[C@@H](C(=O)C[C@@H](C(=O)O[C@@H](C)C=O)C(C)C)C(C)C.CCCC=O. The van der Waals surface area contributed by atoms with Gasteiger partial charge in [0.2, 0.25) is 0 Å². The number of amides is 2. The Morgan fingerprint density at radius 1 is 0.583 bits per heavy atom. The fraction of sp³-hybridized carbons (Fsp3) is 0.760. The van der Waals surface area contributed by atoms with E-state index in [0.717, 1.165) is 12.7 Å². The van der Waals surface area contributed by atoms with Crippen molar-refractivity contribution in [3.8, 4) is 0 Å². The summed E-state index contributed by atoms with van der Waals surface area (Å²) in [6.45, 7) is 26.4. The van der Waals surface area contributed by atoms with Gasteiger partial charge in [0.15, 0.2) is 48.9 Å². The van der Waals surface area contributed by atoms with Crippen LogP contribution in [-0.2, 0) is 81.2 Å². The van der Waals surface area contributed by atoms with Crippen molar-refractivity contribution in [3.05, 3.63) is 0 Å². The molecule has 22 nitrogen and oxygen atoms in total. The molecule has 22 heteroatoms. The van der Waals surface area contributed by atoms with Gasteiger partial charge in [-0.3, -0.25) is 47.9 Å². The van der Waals surface area contributed by atoms with E-state index in [1.807, 2.05) is 13.8 Å². The molecule has 0 aromatic heterocycles. The average Bonchev–Trinajstić information content (AvgIpc) is 3.29. The molecule has 2 amide bonds. The van der Waals surface area contributed by atoms with Gasteiger partial charge in [-0.05, 0) is 69.6 Å². The normalized spacial score (nSPS) is 14.5. The number of carboxylic acids is 1. The second-order valence-electron chi connectivity index (χ2n) is 18.8. The lowest BCUT2D eigenvalue weighted by atomic mass is 9.87. The summed E-state index contributed by atoms with van der Waals surface area (Å²) in [5.74, 6) is -9.49. The predicted molar refractivity (Wildman–Crippen MR) is 265 cm³/mol. The Bertz CT molecular complexity index is 1720. The monoisotopic (exact) mass is 1030 g/mol. The van der Waals surface area contributed by atoms with Crippen LogP contribution in [0.5, 0.6) is 0 Å². The van der Waals surface area contributed by atoms with Crippen LogP contribution in [0.3, 0.4) is 0 Å². The highest BCUT2D eigenvalue weighted by atomic mass is 16.6. The van der Waals surface area contributed by atoms with E-state index in [2.05, 4.69) is 5.32 Å². The molecule has 0 bridgehead atoms. The third-order valence-electron chi connectivity index (χ3n) is 10.4. The van der Waals surface area contributed by atoms with Crippen molar-refractivity contribution in [3.63, 3.8) is 0 Å². The van der Waals surface area contributed by atoms with Crippen LogP contribution in [-0.4, -0.2) is 126 Å². The predicted octanol–water partition coefficient (Wildman–Crippen LogP) is 3.74. The quantitative estimate of drug-likeness (QED) is 0.0388. The minimum Gasteiger partial charge on any atom is -0.480 e. The lowest BCUT2D eigenvalue weighted by Crippen LogP contribution is -2.48. The Morgan fingerprint density at radius 2 is 1.08 bits per heavy atom. The van der Waals surface area contributed by atoms with Crippen LogP contribution in [0, 0.1) is 41.4 Å². The topological polar surface area (TPSA) is 361 Å². The maximum absolute atomic E-state index is 12.6. The van der Waals surface area contributed by atoms with Crippen molar-refractivity contribution in [2.75, 3.05) is 6.61 Å². The minimum atomic E-state index is -1.18. The molecule has 416 valence electrons. The molecular weight excluding hydrogens is 945 g/mol. The van der Waals surface area contributed by atoms with Gasteiger partial charge in [-0.2, -0.15) is 0 Å². The van der Waals surface area contributed by atoms with Gasteiger partial charge in [0.25, 0.3) is 11.8 Å². The molecule has 72 heavy (non-hydrogen) atoms. The summed E-state index contributed by atoms with van der Waals surface area (Å²) in [6.07, 6.45) is 0.171. The summed E-state index contributed by atoms with van der Waals surface area (Å²) < 4.78 is 25.4. The summed E-state index contributed by atoms with van der Waals surface area (Å²) >= 11 is 0. The first kappa shape index (κ1) is 72.9. The molecule has 0 fully saturated rings. The lowest BCUT2D eigenvalue weighted by Gasteiger charge is -2.24. The van der Waals surface area contributed by atoms with Gasteiger partial charge in [0.05, 0.1) is 11.8 Å². The zero-order valence-electron chi connectivity index (χ0n) is 45.5. The molecule has 0 heterocycles. The second kappa shape index (κ2) is 39.9. The van der Waals surface area contributed by atoms with Gasteiger partial charge in [0, 0.05) is 25.7 Å². The highest BCUT2D eigenvalue weighted by molar-refractivity contribution is 5.92. The number of esters is 5. The molecule has 0 aromatic carbocycles. The number of primary amides is 1. The van der Waals surface area contributed by atoms with Crippen molar-refractivity contribution in [2.45, 2.75) is 198 Å². The molecule has 0 saturated carbocycles. The number of unbranched alkanes of at least 4 members (excludes halogenated alkanes) is 1. The van der Waals surface area contributed by atoms with Crippen LogP contribution in [0.4, 0.5) is 0 Å². The van der Waals surface area contributed by atoms with Crippen LogP contribution in [0.1, 0.15) is 156 Å². The van der Waals surface area contributed by atoms with E-state index in [4.69, 9.17) is 46.0 Å². The summed E-state index contributed by atoms with van der Waals surface area (Å²) in [7, 11) is 0. The zero-order valence-corrected chi connectivity index (χ0v) is 45.5. The highest BCUT2D eigenvalue weighted by Crippen LogP contribution is 2.23. The van der Waals surface area contributed by atoms with Crippen LogP contribution >= 0.6 is 0 Å².